The maximum Gasteiger partial charge on any atom is 0.226 e. The van der Waals surface area contributed by atoms with Gasteiger partial charge in [0, 0.05) is 19.8 Å². The van der Waals surface area contributed by atoms with E-state index in [4.69, 9.17) is 4.74 Å². The summed E-state index contributed by atoms with van der Waals surface area (Å²) in [6.45, 7) is 9.19. The third kappa shape index (κ3) is 3.21. The van der Waals surface area contributed by atoms with Crippen molar-refractivity contribution in [2.75, 3.05) is 13.7 Å². The van der Waals surface area contributed by atoms with E-state index in [1.165, 1.54) is 0 Å². The van der Waals surface area contributed by atoms with Gasteiger partial charge in [0.2, 0.25) is 5.91 Å². The van der Waals surface area contributed by atoms with Crippen LogP contribution >= 0.6 is 0 Å². The molecule has 0 saturated heterocycles. The van der Waals surface area contributed by atoms with Crippen LogP contribution < -0.4 is 5.32 Å². The molecule has 1 amide bonds. The van der Waals surface area contributed by atoms with Crippen molar-refractivity contribution >= 4 is 5.91 Å². The van der Waals surface area contributed by atoms with E-state index in [1.807, 2.05) is 0 Å². The van der Waals surface area contributed by atoms with Crippen molar-refractivity contribution in [1.29, 1.82) is 0 Å². The molecule has 0 aliphatic heterocycles. The van der Waals surface area contributed by atoms with Crippen LogP contribution in [0.1, 0.15) is 47.0 Å². The normalized spacial score (nSPS) is 20.3. The summed E-state index contributed by atoms with van der Waals surface area (Å²) >= 11 is 0. The molecule has 0 aromatic rings. The van der Waals surface area contributed by atoms with E-state index in [1.54, 1.807) is 7.11 Å². The molecule has 94 valence electrons. The Morgan fingerprint density at radius 3 is 2.38 bits per heavy atom. The summed E-state index contributed by atoms with van der Waals surface area (Å²) in [7, 11) is 1.69. The van der Waals surface area contributed by atoms with Crippen LogP contribution in [0.5, 0.6) is 0 Å². The molecule has 0 spiro atoms. The molecule has 1 N–H and O–H groups in total. The lowest BCUT2D eigenvalue weighted by Gasteiger charge is -2.29. The van der Waals surface area contributed by atoms with Crippen molar-refractivity contribution in [3.63, 3.8) is 0 Å². The topological polar surface area (TPSA) is 38.3 Å². The molecule has 0 aromatic heterocycles. The standard InChI is InChI=1S/C13H25NO2/c1-10(12(2,3)4)14-11(15)13(6-7-13)8-9-16-5/h10H,6-9H2,1-5H3,(H,14,15)/t10-/m0/s1. The molecule has 3 nitrogen and oxygen atoms in total. The van der Waals surface area contributed by atoms with Gasteiger partial charge in [-0.15, -0.1) is 0 Å². The first-order valence-corrected chi connectivity index (χ1v) is 6.12. The van der Waals surface area contributed by atoms with Crippen LogP contribution in [-0.2, 0) is 9.53 Å². The number of rotatable bonds is 5. The van der Waals surface area contributed by atoms with Crippen molar-refractivity contribution in [1.82, 2.24) is 5.32 Å². The van der Waals surface area contributed by atoms with Crippen LogP contribution in [0.15, 0.2) is 0 Å². The zero-order valence-electron chi connectivity index (χ0n) is 11.2. The van der Waals surface area contributed by atoms with Crippen LogP contribution in [0.2, 0.25) is 0 Å². The molecule has 1 rings (SSSR count). The minimum atomic E-state index is -0.116. The molecule has 0 bridgehead atoms. The molecule has 1 aliphatic carbocycles. The highest BCUT2D eigenvalue weighted by Crippen LogP contribution is 2.49. The summed E-state index contributed by atoms with van der Waals surface area (Å²) in [5.74, 6) is 0.215. The molecule has 0 heterocycles. The molecule has 1 saturated carbocycles. The van der Waals surface area contributed by atoms with E-state index < -0.39 is 0 Å². The van der Waals surface area contributed by atoms with E-state index in [-0.39, 0.29) is 22.8 Å². The summed E-state index contributed by atoms with van der Waals surface area (Å²) in [4.78, 5) is 12.1. The number of nitrogens with one attached hydrogen (secondary N) is 1. The van der Waals surface area contributed by atoms with Gasteiger partial charge in [0.15, 0.2) is 0 Å². The van der Waals surface area contributed by atoms with Gasteiger partial charge in [0.05, 0.1) is 5.41 Å². The molecular formula is C13H25NO2. The third-order valence-electron chi connectivity index (χ3n) is 3.77. The lowest BCUT2D eigenvalue weighted by atomic mass is 9.87. The molecule has 0 aromatic carbocycles. The molecular weight excluding hydrogens is 202 g/mol. The second-order valence-electron chi connectivity index (χ2n) is 6.08. The van der Waals surface area contributed by atoms with Gasteiger partial charge in [-0.25, -0.2) is 0 Å². The largest absolute Gasteiger partial charge is 0.385 e. The van der Waals surface area contributed by atoms with E-state index >= 15 is 0 Å². The summed E-state index contributed by atoms with van der Waals surface area (Å²) in [5.41, 5.74) is 0.00250. The SMILES string of the molecule is COCCC1(C(=O)N[C@@H](C)C(C)(C)C)CC1. The lowest BCUT2D eigenvalue weighted by Crippen LogP contribution is -2.45. The van der Waals surface area contributed by atoms with E-state index in [2.05, 4.69) is 33.0 Å². The van der Waals surface area contributed by atoms with E-state index in [0.29, 0.717) is 6.61 Å². The van der Waals surface area contributed by atoms with Crippen molar-refractivity contribution in [3.8, 4) is 0 Å². The average molecular weight is 227 g/mol. The van der Waals surface area contributed by atoms with Gasteiger partial charge in [0.1, 0.15) is 0 Å². The van der Waals surface area contributed by atoms with Crippen molar-refractivity contribution in [2.24, 2.45) is 10.8 Å². The van der Waals surface area contributed by atoms with Gasteiger partial charge in [0.25, 0.3) is 0 Å². The number of ether oxygens (including phenoxy) is 1. The Labute approximate surface area is 98.9 Å². The molecule has 16 heavy (non-hydrogen) atoms. The van der Waals surface area contributed by atoms with Gasteiger partial charge < -0.3 is 10.1 Å². The van der Waals surface area contributed by atoms with Crippen LogP contribution in [0, 0.1) is 10.8 Å². The molecule has 1 fully saturated rings. The molecule has 1 aliphatic rings. The third-order valence-corrected chi connectivity index (χ3v) is 3.77. The van der Waals surface area contributed by atoms with E-state index in [9.17, 15) is 4.79 Å². The van der Waals surface area contributed by atoms with Crippen LogP contribution in [0.4, 0.5) is 0 Å². The Morgan fingerprint density at radius 2 is 2.00 bits per heavy atom. The highest BCUT2D eigenvalue weighted by atomic mass is 16.5. The number of amides is 1. The van der Waals surface area contributed by atoms with Crippen LogP contribution in [-0.4, -0.2) is 25.7 Å². The summed E-state index contributed by atoms with van der Waals surface area (Å²) in [6, 6.07) is 0.208. The minimum absolute atomic E-state index is 0.116. The summed E-state index contributed by atoms with van der Waals surface area (Å²) in [5, 5.41) is 3.14. The number of hydrogen-bond donors (Lipinski definition) is 1. The quantitative estimate of drug-likeness (QED) is 0.783. The molecule has 3 heteroatoms. The minimum Gasteiger partial charge on any atom is -0.385 e. The molecule has 0 radical (unpaired) electrons. The van der Waals surface area contributed by atoms with Crippen molar-refractivity contribution in [3.05, 3.63) is 0 Å². The fourth-order valence-corrected chi connectivity index (χ4v) is 1.61. The Kier molecular flexibility index (Phi) is 4.00. The predicted octanol–water partition coefficient (Wildman–Crippen LogP) is 2.35. The Hall–Kier alpha value is -0.570. The van der Waals surface area contributed by atoms with Gasteiger partial charge in [-0.05, 0) is 31.6 Å². The first-order chi connectivity index (χ1) is 7.32. The van der Waals surface area contributed by atoms with Crippen LogP contribution in [0.3, 0.4) is 0 Å². The predicted molar refractivity (Wildman–Crippen MR) is 65.2 cm³/mol. The fraction of sp³-hybridized carbons (Fsp3) is 0.923. The second-order valence-corrected chi connectivity index (χ2v) is 6.08. The van der Waals surface area contributed by atoms with Gasteiger partial charge in [-0.1, -0.05) is 20.8 Å². The summed E-state index contributed by atoms with van der Waals surface area (Å²) in [6.07, 6.45) is 2.88. The number of carbonyl (C=O) groups is 1. The summed E-state index contributed by atoms with van der Waals surface area (Å²) < 4.78 is 5.06. The smallest absolute Gasteiger partial charge is 0.226 e. The van der Waals surface area contributed by atoms with Gasteiger partial charge >= 0.3 is 0 Å². The lowest BCUT2D eigenvalue weighted by molar-refractivity contribution is -0.128. The van der Waals surface area contributed by atoms with Crippen molar-refractivity contribution < 1.29 is 9.53 Å². The number of carbonyl (C=O) groups excluding carboxylic acids is 1. The van der Waals surface area contributed by atoms with Crippen LogP contribution in [0.25, 0.3) is 0 Å². The number of methoxy groups -OCH3 is 1. The highest BCUT2D eigenvalue weighted by Gasteiger charge is 2.49. The molecule has 1 atom stereocenters. The number of hydrogen-bond acceptors (Lipinski definition) is 2. The molecule has 0 unspecified atom stereocenters. The fourth-order valence-electron chi connectivity index (χ4n) is 1.61. The zero-order valence-corrected chi connectivity index (χ0v) is 11.2. The monoisotopic (exact) mass is 227 g/mol. The average Bonchev–Trinajstić information content (AvgIpc) is 2.94. The van der Waals surface area contributed by atoms with E-state index in [0.717, 1.165) is 19.3 Å². The highest BCUT2D eigenvalue weighted by molar-refractivity contribution is 5.85. The first kappa shape index (κ1) is 13.5. The maximum atomic E-state index is 12.1. The Balaban J connectivity index is 2.46. The van der Waals surface area contributed by atoms with Gasteiger partial charge in [-0.3, -0.25) is 4.79 Å². The van der Waals surface area contributed by atoms with Gasteiger partial charge in [-0.2, -0.15) is 0 Å². The second kappa shape index (κ2) is 4.74. The first-order valence-electron chi connectivity index (χ1n) is 6.12. The Bertz CT molecular complexity index is 251. The van der Waals surface area contributed by atoms with Crippen molar-refractivity contribution in [2.45, 2.75) is 53.0 Å². The Morgan fingerprint density at radius 1 is 1.44 bits per heavy atom. The maximum absolute atomic E-state index is 12.1. The zero-order chi connectivity index (χ0) is 12.4.